The maximum Gasteiger partial charge on any atom is 0.338 e. The van der Waals surface area contributed by atoms with Gasteiger partial charge in [0.2, 0.25) is 5.91 Å². The molecule has 0 radical (unpaired) electrons. The highest BCUT2D eigenvalue weighted by molar-refractivity contribution is 9.10. The summed E-state index contributed by atoms with van der Waals surface area (Å²) >= 11 is 3.45. The Balaban J connectivity index is 1.50. The molecule has 0 spiro atoms. The number of esters is 2. The van der Waals surface area contributed by atoms with Crippen LogP contribution in [-0.4, -0.2) is 43.5 Å². The van der Waals surface area contributed by atoms with E-state index in [0.717, 1.165) is 34.9 Å². The predicted molar refractivity (Wildman–Crippen MR) is 140 cm³/mol. The molecule has 1 saturated heterocycles. The lowest BCUT2D eigenvalue weighted by Gasteiger charge is -2.17. The fraction of sp³-hybridized carbons (Fsp3) is 0.407. The maximum atomic E-state index is 12.5. The van der Waals surface area contributed by atoms with E-state index in [1.54, 1.807) is 24.3 Å². The van der Waals surface area contributed by atoms with Crippen LogP contribution in [0.4, 0.5) is 11.4 Å². The minimum Gasteiger partial charge on any atom is -0.462 e. The minimum atomic E-state index is -0.676. The average molecular weight is 559 g/mol. The molecule has 8 nitrogen and oxygen atoms in total. The van der Waals surface area contributed by atoms with Gasteiger partial charge in [0.25, 0.3) is 5.91 Å². The molecule has 1 fully saturated rings. The molecule has 1 atom stereocenters. The van der Waals surface area contributed by atoms with E-state index in [-0.39, 0.29) is 18.9 Å². The molecule has 2 amide bonds. The molecule has 36 heavy (non-hydrogen) atoms. The number of rotatable bonds is 10. The molecule has 0 saturated carbocycles. The number of halogens is 1. The molecule has 1 aliphatic heterocycles. The monoisotopic (exact) mass is 558 g/mol. The van der Waals surface area contributed by atoms with Crippen molar-refractivity contribution in [1.29, 1.82) is 0 Å². The van der Waals surface area contributed by atoms with E-state index in [9.17, 15) is 19.2 Å². The van der Waals surface area contributed by atoms with Gasteiger partial charge in [-0.2, -0.15) is 0 Å². The summed E-state index contributed by atoms with van der Waals surface area (Å²) in [5, 5.41) is 2.75. The number of aryl methyl sites for hydroxylation is 2. The van der Waals surface area contributed by atoms with Gasteiger partial charge in [-0.15, -0.1) is 0 Å². The zero-order chi connectivity index (χ0) is 26.2. The van der Waals surface area contributed by atoms with Crippen molar-refractivity contribution in [1.82, 2.24) is 0 Å². The molecular formula is C27H31BrN2O6. The van der Waals surface area contributed by atoms with E-state index in [2.05, 4.69) is 28.2 Å². The van der Waals surface area contributed by atoms with Crippen molar-refractivity contribution >= 4 is 51.1 Å². The predicted octanol–water partition coefficient (Wildman–Crippen LogP) is 4.95. The third-order valence-corrected chi connectivity index (χ3v) is 6.83. The van der Waals surface area contributed by atoms with Gasteiger partial charge in [0.05, 0.1) is 18.1 Å². The molecular weight excluding hydrogens is 528 g/mol. The van der Waals surface area contributed by atoms with E-state index in [1.807, 2.05) is 26.0 Å². The maximum absolute atomic E-state index is 12.5. The molecule has 1 aliphatic rings. The van der Waals surface area contributed by atoms with Gasteiger partial charge in [-0.3, -0.25) is 14.4 Å². The Bertz CT molecular complexity index is 1130. The van der Waals surface area contributed by atoms with Gasteiger partial charge in [-0.05, 0) is 67.8 Å². The molecule has 0 aliphatic carbocycles. The van der Waals surface area contributed by atoms with Gasteiger partial charge in [0.15, 0.2) is 6.61 Å². The lowest BCUT2D eigenvalue weighted by atomic mass is 10.1. The lowest BCUT2D eigenvalue weighted by molar-refractivity contribution is -0.151. The third-order valence-electron chi connectivity index (χ3n) is 5.98. The first-order valence-corrected chi connectivity index (χ1v) is 12.8. The highest BCUT2D eigenvalue weighted by Gasteiger charge is 2.36. The Morgan fingerprint density at radius 3 is 2.47 bits per heavy atom. The van der Waals surface area contributed by atoms with Crippen molar-refractivity contribution in [2.45, 2.75) is 46.5 Å². The van der Waals surface area contributed by atoms with Crippen LogP contribution in [0.3, 0.4) is 0 Å². The third kappa shape index (κ3) is 7.16. The van der Waals surface area contributed by atoms with Crippen LogP contribution in [0.5, 0.6) is 0 Å². The first kappa shape index (κ1) is 27.4. The number of hydrogen-bond donors (Lipinski definition) is 1. The Morgan fingerprint density at radius 2 is 1.78 bits per heavy atom. The van der Waals surface area contributed by atoms with E-state index in [4.69, 9.17) is 9.47 Å². The molecule has 0 bridgehead atoms. The fourth-order valence-corrected chi connectivity index (χ4v) is 4.31. The molecule has 2 aromatic carbocycles. The largest absolute Gasteiger partial charge is 0.462 e. The normalized spacial score (nSPS) is 15.1. The summed E-state index contributed by atoms with van der Waals surface area (Å²) < 4.78 is 11.4. The number of amides is 2. The topological polar surface area (TPSA) is 102 Å². The number of ether oxygens (including phenoxy) is 2. The van der Waals surface area contributed by atoms with Crippen LogP contribution in [-0.2, 0) is 23.9 Å². The van der Waals surface area contributed by atoms with Crippen LogP contribution in [0.2, 0.25) is 0 Å². The standard InChI is InChI=1S/C27H31BrN2O6/c1-4-5-6-11-35-26(33)19-7-9-21(10-8-19)30-15-20(14-25(30)32)27(34)36-16-24(31)29-23-13-17(2)22(28)12-18(23)3/h7-10,12-13,20H,4-6,11,14-16H2,1-3H3,(H,29,31)/t20-/m1/s1. The van der Waals surface area contributed by atoms with Gasteiger partial charge in [0.1, 0.15) is 0 Å². The lowest BCUT2D eigenvalue weighted by Crippen LogP contribution is -2.28. The van der Waals surface area contributed by atoms with Crippen molar-refractivity contribution in [2.24, 2.45) is 5.92 Å². The quantitative estimate of drug-likeness (QED) is 0.327. The Morgan fingerprint density at radius 1 is 1.06 bits per heavy atom. The molecule has 0 unspecified atom stereocenters. The second kappa shape index (κ2) is 12.7. The van der Waals surface area contributed by atoms with Crippen LogP contribution >= 0.6 is 15.9 Å². The Labute approximate surface area is 219 Å². The second-order valence-corrected chi connectivity index (χ2v) is 9.72. The summed E-state index contributed by atoms with van der Waals surface area (Å²) in [6.45, 7) is 5.94. The van der Waals surface area contributed by atoms with Crippen LogP contribution in [0.1, 0.15) is 54.1 Å². The van der Waals surface area contributed by atoms with Gasteiger partial charge >= 0.3 is 11.9 Å². The number of carbonyl (C=O) groups excluding carboxylic acids is 4. The van der Waals surface area contributed by atoms with Crippen LogP contribution < -0.4 is 10.2 Å². The molecule has 192 valence electrons. The summed E-state index contributed by atoms with van der Waals surface area (Å²) in [5.74, 6) is -2.36. The van der Waals surface area contributed by atoms with Crippen LogP contribution in [0.25, 0.3) is 0 Å². The molecule has 2 aromatic rings. The average Bonchev–Trinajstić information content (AvgIpc) is 3.25. The van der Waals surface area contributed by atoms with E-state index < -0.39 is 30.4 Å². The SMILES string of the molecule is CCCCCOC(=O)c1ccc(N2C[C@H](C(=O)OCC(=O)Nc3cc(C)c(Br)cc3C)CC2=O)cc1. The fourth-order valence-electron chi connectivity index (χ4n) is 3.85. The minimum absolute atomic E-state index is 0.00725. The van der Waals surface area contributed by atoms with E-state index >= 15 is 0 Å². The molecule has 1 heterocycles. The van der Waals surface area contributed by atoms with Crippen LogP contribution in [0, 0.1) is 19.8 Å². The van der Waals surface area contributed by atoms with Crippen LogP contribution in [0.15, 0.2) is 40.9 Å². The second-order valence-electron chi connectivity index (χ2n) is 8.87. The number of nitrogens with zero attached hydrogens (tertiary/aromatic N) is 1. The number of hydrogen-bond acceptors (Lipinski definition) is 6. The van der Waals surface area contributed by atoms with Crippen molar-refractivity contribution in [3.63, 3.8) is 0 Å². The highest BCUT2D eigenvalue weighted by Crippen LogP contribution is 2.27. The number of carbonyl (C=O) groups is 4. The van der Waals surface area contributed by atoms with Gasteiger partial charge in [0, 0.05) is 28.8 Å². The summed E-state index contributed by atoms with van der Waals surface area (Å²) in [5.41, 5.74) is 3.47. The summed E-state index contributed by atoms with van der Waals surface area (Å²) in [6, 6.07) is 10.3. The molecule has 1 N–H and O–H groups in total. The first-order chi connectivity index (χ1) is 17.2. The van der Waals surface area contributed by atoms with Gasteiger partial charge in [-0.25, -0.2) is 4.79 Å². The number of unbranched alkanes of at least 4 members (excludes halogenated alkanes) is 2. The van der Waals surface area contributed by atoms with E-state index in [1.165, 1.54) is 4.90 Å². The Hall–Kier alpha value is -3.20. The zero-order valence-electron chi connectivity index (χ0n) is 20.8. The molecule has 0 aromatic heterocycles. The summed E-state index contributed by atoms with van der Waals surface area (Å²) in [4.78, 5) is 51.0. The van der Waals surface area contributed by atoms with Crippen molar-refractivity contribution in [3.05, 3.63) is 57.6 Å². The number of anilines is 2. The number of nitrogens with one attached hydrogen (secondary N) is 1. The van der Waals surface area contributed by atoms with Crippen molar-refractivity contribution in [3.8, 4) is 0 Å². The van der Waals surface area contributed by atoms with Gasteiger partial charge in [-0.1, -0.05) is 35.7 Å². The summed E-state index contributed by atoms with van der Waals surface area (Å²) in [6.07, 6.45) is 2.86. The van der Waals surface area contributed by atoms with Crippen molar-refractivity contribution < 1.29 is 28.7 Å². The highest BCUT2D eigenvalue weighted by atomic mass is 79.9. The number of benzene rings is 2. The molecule has 9 heteroatoms. The van der Waals surface area contributed by atoms with E-state index in [0.29, 0.717) is 23.5 Å². The van der Waals surface area contributed by atoms with Gasteiger partial charge < -0.3 is 19.7 Å². The first-order valence-electron chi connectivity index (χ1n) is 12.0. The summed E-state index contributed by atoms with van der Waals surface area (Å²) in [7, 11) is 0. The zero-order valence-corrected chi connectivity index (χ0v) is 22.4. The van der Waals surface area contributed by atoms with Crippen molar-refractivity contribution in [2.75, 3.05) is 30.0 Å². The smallest absolute Gasteiger partial charge is 0.338 e. The Kier molecular flexibility index (Phi) is 9.64. The molecule has 3 rings (SSSR count).